The van der Waals surface area contributed by atoms with Crippen LogP contribution in [0, 0.1) is 0 Å². The molecule has 1 aromatic carbocycles. The minimum atomic E-state index is -0.651. The highest BCUT2D eigenvalue weighted by Gasteiger charge is 2.25. The van der Waals surface area contributed by atoms with E-state index in [0.717, 1.165) is 17.6 Å². The number of nitrogens with one attached hydrogen (secondary N) is 2. The zero-order valence-corrected chi connectivity index (χ0v) is 12.7. The summed E-state index contributed by atoms with van der Waals surface area (Å²) in [6.07, 6.45) is 0.805. The van der Waals surface area contributed by atoms with E-state index < -0.39 is 12.0 Å². The Kier molecular flexibility index (Phi) is 3.75. The van der Waals surface area contributed by atoms with E-state index in [1.807, 2.05) is 18.2 Å². The maximum atomic E-state index is 12.2. The Morgan fingerprint density at radius 1 is 1.36 bits per heavy atom. The predicted octanol–water partition coefficient (Wildman–Crippen LogP) is 1.80. The molecule has 0 saturated carbocycles. The van der Waals surface area contributed by atoms with Crippen molar-refractivity contribution in [1.82, 2.24) is 15.2 Å². The van der Waals surface area contributed by atoms with E-state index in [2.05, 4.69) is 21.1 Å². The molecule has 0 unspecified atom stereocenters. The van der Waals surface area contributed by atoms with Crippen LogP contribution in [0.15, 0.2) is 24.3 Å². The number of aromatic nitrogens is 1. The summed E-state index contributed by atoms with van der Waals surface area (Å²) in [6.45, 7) is 2.76. The number of para-hydroxylation sites is 1. The molecule has 3 rings (SSSR count). The highest BCUT2D eigenvalue weighted by Crippen LogP contribution is 2.27. The number of ether oxygens (including phenoxy) is 1. The monoisotopic (exact) mass is 301 g/mol. The van der Waals surface area contributed by atoms with Crippen molar-refractivity contribution in [3.63, 3.8) is 0 Å². The number of nitrogens with zero attached hydrogens (tertiary/aromatic N) is 1. The lowest BCUT2D eigenvalue weighted by molar-refractivity contribution is -0.142. The van der Waals surface area contributed by atoms with Crippen LogP contribution in [0.3, 0.4) is 0 Å². The zero-order chi connectivity index (χ0) is 15.7. The van der Waals surface area contributed by atoms with Crippen LogP contribution in [0.1, 0.15) is 18.2 Å². The molecule has 2 heterocycles. The molecule has 2 N–H and O–H groups in total. The smallest absolute Gasteiger partial charge is 0.328 e. The van der Waals surface area contributed by atoms with Crippen molar-refractivity contribution < 1.29 is 14.3 Å². The van der Waals surface area contributed by atoms with E-state index in [4.69, 9.17) is 0 Å². The Bertz CT molecular complexity index is 722. The summed E-state index contributed by atoms with van der Waals surface area (Å²) in [6, 6.07) is 7.25. The lowest BCUT2D eigenvalue weighted by Crippen LogP contribution is -2.48. The van der Waals surface area contributed by atoms with Crippen LogP contribution >= 0.6 is 0 Å². The highest BCUT2D eigenvalue weighted by atomic mass is 16.5. The van der Waals surface area contributed by atoms with Crippen LogP contribution in [0.2, 0.25) is 0 Å². The summed E-state index contributed by atoms with van der Waals surface area (Å²) < 4.78 is 4.62. The third-order valence-electron chi connectivity index (χ3n) is 4.06. The van der Waals surface area contributed by atoms with Gasteiger partial charge in [-0.05, 0) is 25.0 Å². The molecule has 1 aromatic heterocycles. The topological polar surface area (TPSA) is 74.4 Å². The molecule has 0 fully saturated rings. The number of H-pyrrole nitrogens is 1. The second-order valence-corrected chi connectivity index (χ2v) is 5.49. The summed E-state index contributed by atoms with van der Waals surface area (Å²) >= 11 is 0. The van der Waals surface area contributed by atoms with E-state index in [9.17, 15) is 9.59 Å². The third-order valence-corrected chi connectivity index (χ3v) is 4.06. The fourth-order valence-corrected chi connectivity index (χ4v) is 2.88. The van der Waals surface area contributed by atoms with E-state index in [0.29, 0.717) is 13.1 Å². The van der Waals surface area contributed by atoms with Gasteiger partial charge in [0.25, 0.3) is 0 Å². The van der Waals surface area contributed by atoms with Crippen molar-refractivity contribution in [2.24, 2.45) is 0 Å². The molecule has 6 heteroatoms. The van der Waals surface area contributed by atoms with Gasteiger partial charge in [0.15, 0.2) is 0 Å². The van der Waals surface area contributed by atoms with Crippen molar-refractivity contribution in [1.29, 1.82) is 0 Å². The maximum absolute atomic E-state index is 12.2. The molecule has 0 saturated heterocycles. The van der Waals surface area contributed by atoms with Crippen molar-refractivity contribution in [2.45, 2.75) is 25.9 Å². The van der Waals surface area contributed by atoms with Crippen LogP contribution in [-0.4, -0.2) is 41.6 Å². The second-order valence-electron chi connectivity index (χ2n) is 5.49. The molecule has 2 amide bonds. The number of carbonyl (C=O) groups excluding carboxylic acids is 2. The van der Waals surface area contributed by atoms with Gasteiger partial charge in [-0.2, -0.15) is 0 Å². The molecule has 22 heavy (non-hydrogen) atoms. The van der Waals surface area contributed by atoms with E-state index in [-0.39, 0.29) is 6.03 Å². The lowest BCUT2D eigenvalue weighted by Gasteiger charge is -2.28. The van der Waals surface area contributed by atoms with Gasteiger partial charge in [-0.15, -0.1) is 0 Å². The number of hydrogen-bond acceptors (Lipinski definition) is 3. The molecule has 116 valence electrons. The minimum Gasteiger partial charge on any atom is -0.467 e. The zero-order valence-electron chi connectivity index (χ0n) is 12.7. The van der Waals surface area contributed by atoms with Crippen molar-refractivity contribution in [3.8, 4) is 0 Å². The Morgan fingerprint density at radius 3 is 2.91 bits per heavy atom. The number of rotatable bonds is 2. The number of hydrogen-bond donors (Lipinski definition) is 2. The molecule has 0 aliphatic carbocycles. The molecular weight excluding hydrogens is 282 g/mol. The lowest BCUT2D eigenvalue weighted by atomic mass is 10.0. The standard InChI is InChI=1S/C16H19N3O3/c1-10(15(20)22-2)17-16(21)19-8-7-12-11-5-3-4-6-13(11)18-14(12)9-19/h3-6,10,18H,7-9H2,1-2H3,(H,17,21)/t10-/m1/s1. The highest BCUT2D eigenvalue weighted by molar-refractivity contribution is 5.86. The quantitative estimate of drug-likeness (QED) is 0.831. The maximum Gasteiger partial charge on any atom is 0.328 e. The molecule has 0 bridgehead atoms. The Labute approximate surface area is 128 Å². The van der Waals surface area contributed by atoms with E-state index in [1.165, 1.54) is 18.1 Å². The Balaban J connectivity index is 1.74. The molecule has 1 atom stereocenters. The first-order valence-electron chi connectivity index (χ1n) is 7.32. The van der Waals surface area contributed by atoms with Crippen LogP contribution < -0.4 is 5.32 Å². The third kappa shape index (κ3) is 2.52. The van der Waals surface area contributed by atoms with Gasteiger partial charge in [-0.3, -0.25) is 0 Å². The summed E-state index contributed by atoms with van der Waals surface area (Å²) in [7, 11) is 1.31. The van der Waals surface area contributed by atoms with Crippen molar-refractivity contribution in [3.05, 3.63) is 35.5 Å². The van der Waals surface area contributed by atoms with Crippen molar-refractivity contribution >= 4 is 22.9 Å². The first-order chi connectivity index (χ1) is 10.6. The summed E-state index contributed by atoms with van der Waals surface area (Å²) in [5.41, 5.74) is 3.44. The van der Waals surface area contributed by atoms with Gasteiger partial charge >= 0.3 is 12.0 Å². The number of carbonyl (C=O) groups is 2. The molecule has 0 spiro atoms. The first-order valence-corrected chi connectivity index (χ1v) is 7.32. The molecule has 6 nitrogen and oxygen atoms in total. The van der Waals surface area contributed by atoms with E-state index >= 15 is 0 Å². The molecule has 1 aliphatic heterocycles. The average molecular weight is 301 g/mol. The first kappa shape index (κ1) is 14.4. The van der Waals surface area contributed by atoms with Gasteiger partial charge in [-0.25, -0.2) is 9.59 Å². The van der Waals surface area contributed by atoms with Crippen molar-refractivity contribution in [2.75, 3.05) is 13.7 Å². The van der Waals surface area contributed by atoms with Crippen LogP contribution in [-0.2, 0) is 22.5 Å². The van der Waals surface area contributed by atoms with Crippen LogP contribution in [0.4, 0.5) is 4.79 Å². The number of fused-ring (bicyclic) bond motifs is 3. The van der Waals surface area contributed by atoms with Gasteiger partial charge in [0.05, 0.1) is 13.7 Å². The van der Waals surface area contributed by atoms with Gasteiger partial charge < -0.3 is 19.9 Å². The number of urea groups is 1. The van der Waals surface area contributed by atoms with Gasteiger partial charge in [0, 0.05) is 23.1 Å². The second kappa shape index (κ2) is 5.71. The summed E-state index contributed by atoms with van der Waals surface area (Å²) in [5.74, 6) is -0.448. The largest absolute Gasteiger partial charge is 0.467 e. The molecule has 0 radical (unpaired) electrons. The predicted molar refractivity (Wildman–Crippen MR) is 82.4 cm³/mol. The SMILES string of the molecule is COC(=O)[C@@H](C)NC(=O)N1CCc2c([nH]c3ccccc23)C1. The van der Waals surface area contributed by atoms with E-state index in [1.54, 1.807) is 11.8 Å². The average Bonchev–Trinajstić information content (AvgIpc) is 2.91. The Hall–Kier alpha value is -2.50. The number of esters is 1. The summed E-state index contributed by atoms with van der Waals surface area (Å²) in [4.78, 5) is 28.7. The number of methoxy groups -OCH3 is 1. The molecular formula is C16H19N3O3. The number of aromatic amines is 1. The fraction of sp³-hybridized carbons (Fsp3) is 0.375. The van der Waals surface area contributed by atoms with Crippen LogP contribution in [0.5, 0.6) is 0 Å². The normalized spacial score (nSPS) is 15.3. The van der Waals surface area contributed by atoms with Gasteiger partial charge in [0.1, 0.15) is 6.04 Å². The van der Waals surface area contributed by atoms with Crippen LogP contribution in [0.25, 0.3) is 10.9 Å². The fourth-order valence-electron chi connectivity index (χ4n) is 2.88. The number of benzene rings is 1. The minimum absolute atomic E-state index is 0.248. The van der Waals surface area contributed by atoms with Gasteiger partial charge in [0.2, 0.25) is 0 Å². The molecule has 1 aliphatic rings. The summed E-state index contributed by atoms with van der Waals surface area (Å²) in [5, 5.41) is 3.89. The van der Waals surface area contributed by atoms with Gasteiger partial charge in [-0.1, -0.05) is 18.2 Å². The number of amides is 2. The Morgan fingerprint density at radius 2 is 2.14 bits per heavy atom. The molecule has 2 aromatic rings.